The number of aromatic nitrogens is 2. The molecule has 0 atom stereocenters. The lowest BCUT2D eigenvalue weighted by atomic mass is 9.98. The van der Waals surface area contributed by atoms with E-state index < -0.39 is 10.0 Å². The fourth-order valence-electron chi connectivity index (χ4n) is 4.80. The molecule has 0 aliphatic rings. The predicted octanol–water partition coefficient (Wildman–Crippen LogP) is 3.34. The third-order valence-electron chi connectivity index (χ3n) is 6.20. The molecular formula is C25H24N4O4S. The van der Waals surface area contributed by atoms with Crippen LogP contribution >= 0.6 is 0 Å². The molecule has 0 saturated heterocycles. The number of rotatable bonds is 4. The van der Waals surface area contributed by atoms with Crippen molar-refractivity contribution in [3.8, 4) is 0 Å². The normalized spacial score (nSPS) is 12.2. The van der Waals surface area contributed by atoms with Gasteiger partial charge < -0.3 is 14.9 Å². The second kappa shape index (κ2) is 7.68. The Bertz CT molecular complexity index is 1870. The first-order chi connectivity index (χ1) is 16.1. The summed E-state index contributed by atoms with van der Waals surface area (Å²) in [6.07, 6.45) is 1.20. The lowest BCUT2D eigenvalue weighted by molar-refractivity contribution is 0.597. The Labute approximate surface area is 195 Å². The van der Waals surface area contributed by atoms with E-state index in [-0.39, 0.29) is 15.8 Å². The van der Waals surface area contributed by atoms with E-state index >= 15 is 0 Å². The molecule has 174 valence electrons. The van der Waals surface area contributed by atoms with Crippen LogP contribution in [-0.4, -0.2) is 32.5 Å². The summed E-state index contributed by atoms with van der Waals surface area (Å²) in [4.78, 5) is 35.0. The van der Waals surface area contributed by atoms with Gasteiger partial charge in [-0.15, -0.1) is 0 Å². The Morgan fingerprint density at radius 3 is 2.09 bits per heavy atom. The van der Waals surface area contributed by atoms with E-state index in [0.29, 0.717) is 67.7 Å². The van der Waals surface area contributed by atoms with Crippen LogP contribution in [0, 0.1) is 0 Å². The van der Waals surface area contributed by atoms with Crippen LogP contribution in [0.25, 0.3) is 43.6 Å². The summed E-state index contributed by atoms with van der Waals surface area (Å²) in [7, 11) is -0.602. The Morgan fingerprint density at radius 1 is 0.853 bits per heavy atom. The van der Waals surface area contributed by atoms with Crippen molar-refractivity contribution in [2.75, 3.05) is 19.0 Å². The molecule has 0 unspecified atom stereocenters. The molecule has 2 aromatic heterocycles. The molecule has 8 nitrogen and oxygen atoms in total. The molecule has 5 rings (SSSR count). The number of fused-ring (bicyclic) bond motifs is 4. The molecule has 0 aliphatic heterocycles. The number of primary sulfonamides is 1. The number of benzene rings is 3. The number of nitrogens with two attached hydrogens (primary N) is 1. The topological polar surface area (TPSA) is 129 Å². The van der Waals surface area contributed by atoms with Crippen molar-refractivity contribution in [1.82, 2.24) is 9.97 Å². The molecule has 0 fully saturated rings. The van der Waals surface area contributed by atoms with Gasteiger partial charge in [-0.2, -0.15) is 0 Å². The highest BCUT2D eigenvalue weighted by Crippen LogP contribution is 2.34. The predicted molar refractivity (Wildman–Crippen MR) is 137 cm³/mol. The molecule has 0 saturated carbocycles. The van der Waals surface area contributed by atoms with Crippen molar-refractivity contribution in [3.63, 3.8) is 0 Å². The summed E-state index contributed by atoms with van der Waals surface area (Å²) in [5.41, 5.74) is 2.74. The minimum atomic E-state index is -4.06. The van der Waals surface area contributed by atoms with Crippen LogP contribution in [0.3, 0.4) is 0 Å². The van der Waals surface area contributed by atoms with Crippen LogP contribution in [0.1, 0.15) is 18.9 Å². The highest BCUT2D eigenvalue weighted by Gasteiger charge is 2.24. The molecule has 0 radical (unpaired) electrons. The molecule has 0 amide bonds. The summed E-state index contributed by atoms with van der Waals surface area (Å²) in [6.45, 7) is 1.97. The maximum absolute atomic E-state index is 13.8. The number of aromatic amines is 2. The minimum Gasteiger partial charge on any atom is -0.376 e. The Kier molecular flexibility index (Phi) is 5.00. The maximum atomic E-state index is 13.8. The van der Waals surface area contributed by atoms with E-state index in [4.69, 9.17) is 5.14 Å². The fraction of sp³-hybridized carbons (Fsp3) is 0.200. The van der Waals surface area contributed by atoms with E-state index in [9.17, 15) is 18.0 Å². The van der Waals surface area contributed by atoms with Gasteiger partial charge in [0.1, 0.15) is 4.90 Å². The van der Waals surface area contributed by atoms with Crippen molar-refractivity contribution in [1.29, 1.82) is 0 Å². The van der Waals surface area contributed by atoms with Gasteiger partial charge >= 0.3 is 0 Å². The van der Waals surface area contributed by atoms with Crippen molar-refractivity contribution >= 4 is 59.3 Å². The zero-order valence-corrected chi connectivity index (χ0v) is 19.8. The monoisotopic (exact) mass is 476 g/mol. The second-order valence-corrected chi connectivity index (χ2v) is 10.2. The van der Waals surface area contributed by atoms with Crippen molar-refractivity contribution in [3.05, 3.63) is 68.5 Å². The number of para-hydroxylation sites is 1. The Morgan fingerprint density at radius 2 is 1.47 bits per heavy atom. The number of nitrogens with zero attached hydrogens (tertiary/aromatic N) is 1. The molecule has 4 N–H and O–H groups in total. The molecule has 2 heterocycles. The minimum absolute atomic E-state index is 0.0481. The van der Waals surface area contributed by atoms with Crippen LogP contribution in [-0.2, 0) is 16.4 Å². The molecular weight excluding hydrogens is 452 g/mol. The zero-order chi connectivity index (χ0) is 24.4. The third-order valence-corrected chi connectivity index (χ3v) is 7.13. The third kappa shape index (κ3) is 3.27. The number of sulfonamides is 1. The first kappa shape index (κ1) is 22.1. The van der Waals surface area contributed by atoms with Gasteiger partial charge in [-0.25, -0.2) is 13.6 Å². The summed E-state index contributed by atoms with van der Waals surface area (Å²) >= 11 is 0. The number of pyridine rings is 2. The van der Waals surface area contributed by atoms with Gasteiger partial charge in [-0.1, -0.05) is 25.5 Å². The van der Waals surface area contributed by atoms with Gasteiger partial charge in [-0.3, -0.25) is 9.59 Å². The van der Waals surface area contributed by atoms with Crippen molar-refractivity contribution in [2.24, 2.45) is 5.14 Å². The van der Waals surface area contributed by atoms with E-state index in [0.717, 1.165) is 0 Å². The van der Waals surface area contributed by atoms with Crippen LogP contribution in [0.2, 0.25) is 0 Å². The smallest absolute Gasteiger partial charge is 0.240 e. The summed E-state index contributed by atoms with van der Waals surface area (Å²) in [6, 6.07) is 12.0. The van der Waals surface area contributed by atoms with E-state index in [1.807, 2.05) is 19.1 Å². The number of hydrogen-bond donors (Lipinski definition) is 3. The van der Waals surface area contributed by atoms with E-state index in [2.05, 4.69) is 9.97 Å². The summed E-state index contributed by atoms with van der Waals surface area (Å²) < 4.78 is 24.9. The highest BCUT2D eigenvalue weighted by atomic mass is 32.2. The molecule has 9 heteroatoms. The van der Waals surface area contributed by atoms with Crippen LogP contribution < -0.4 is 20.9 Å². The number of H-pyrrole nitrogens is 2. The summed E-state index contributed by atoms with van der Waals surface area (Å²) in [5.74, 6) is 0. The lowest BCUT2D eigenvalue weighted by Crippen LogP contribution is -2.22. The van der Waals surface area contributed by atoms with Gasteiger partial charge in [0.15, 0.2) is 10.9 Å². The molecule has 0 spiro atoms. The lowest BCUT2D eigenvalue weighted by Gasteiger charge is -2.22. The molecule has 34 heavy (non-hydrogen) atoms. The number of anilines is 1. The van der Waals surface area contributed by atoms with Gasteiger partial charge in [0, 0.05) is 35.8 Å². The van der Waals surface area contributed by atoms with Gasteiger partial charge in [0.25, 0.3) is 0 Å². The average Bonchev–Trinajstić information content (AvgIpc) is 2.78. The number of aryl methyl sites for hydroxylation is 1. The first-order valence-corrected chi connectivity index (χ1v) is 12.5. The molecule has 3 aromatic carbocycles. The van der Waals surface area contributed by atoms with Gasteiger partial charge in [0.05, 0.1) is 27.6 Å². The Balaban J connectivity index is 2.00. The molecule has 0 bridgehead atoms. The standard InChI is InChI=1S/C25H24N4O4S/c1-4-7-14-22-20(12-21(34(26,32)33)23(14)29(2)3)28-19-10-15-18(11-16(19)25(22)31)27-17-9-6-5-8-13(17)24(15)30/h5-6,8-12H,4,7H2,1-3H3,(H,27,30)(H,28,31)(H2,26,32,33). The second-order valence-electron chi connectivity index (χ2n) is 8.71. The number of nitrogens with one attached hydrogen (secondary N) is 2. The van der Waals surface area contributed by atoms with Crippen LogP contribution in [0.4, 0.5) is 5.69 Å². The summed E-state index contributed by atoms with van der Waals surface area (Å²) in [5, 5.41) is 7.38. The Hall–Kier alpha value is -3.69. The van der Waals surface area contributed by atoms with Crippen molar-refractivity contribution < 1.29 is 8.42 Å². The average molecular weight is 477 g/mol. The SMILES string of the molecule is CCCc1c(N(C)C)c(S(N)(=O)=O)cc2[nH]c3cc4c(=O)c5ccccc5[nH]c4cc3c(=O)c12. The van der Waals surface area contributed by atoms with E-state index in [1.54, 1.807) is 43.3 Å². The molecule has 5 aromatic rings. The van der Waals surface area contributed by atoms with E-state index in [1.165, 1.54) is 6.07 Å². The van der Waals surface area contributed by atoms with Crippen LogP contribution in [0.5, 0.6) is 0 Å². The first-order valence-electron chi connectivity index (χ1n) is 10.9. The maximum Gasteiger partial charge on any atom is 0.240 e. The molecule has 0 aliphatic carbocycles. The van der Waals surface area contributed by atoms with Crippen molar-refractivity contribution in [2.45, 2.75) is 24.7 Å². The van der Waals surface area contributed by atoms with Crippen LogP contribution in [0.15, 0.2) is 56.9 Å². The quantitative estimate of drug-likeness (QED) is 0.343. The number of hydrogen-bond acceptors (Lipinski definition) is 5. The highest BCUT2D eigenvalue weighted by molar-refractivity contribution is 7.89. The largest absolute Gasteiger partial charge is 0.376 e. The van der Waals surface area contributed by atoms with Gasteiger partial charge in [-0.05, 0) is 42.3 Å². The fourth-order valence-corrected chi connectivity index (χ4v) is 5.66. The van der Waals surface area contributed by atoms with Gasteiger partial charge in [0.2, 0.25) is 10.0 Å². The zero-order valence-electron chi connectivity index (χ0n) is 19.0.